The van der Waals surface area contributed by atoms with Crippen LogP contribution in [0.15, 0.2) is 22.7 Å². The number of halogens is 1. The van der Waals surface area contributed by atoms with Gasteiger partial charge < -0.3 is 11.1 Å². The van der Waals surface area contributed by atoms with Crippen molar-refractivity contribution < 1.29 is 4.79 Å². The van der Waals surface area contributed by atoms with Gasteiger partial charge in [0, 0.05) is 17.6 Å². The van der Waals surface area contributed by atoms with E-state index in [4.69, 9.17) is 5.73 Å². The molecule has 0 saturated carbocycles. The van der Waals surface area contributed by atoms with Crippen LogP contribution in [0.2, 0.25) is 0 Å². The zero-order valence-electron chi connectivity index (χ0n) is 11.2. The number of hydrogen-bond acceptors (Lipinski definition) is 2. The largest absolute Gasteiger partial charge is 0.352 e. The van der Waals surface area contributed by atoms with E-state index >= 15 is 0 Å². The van der Waals surface area contributed by atoms with Gasteiger partial charge in [-0.05, 0) is 36.1 Å². The highest BCUT2D eigenvalue weighted by molar-refractivity contribution is 9.10. The van der Waals surface area contributed by atoms with Crippen LogP contribution in [0.25, 0.3) is 0 Å². The molecule has 0 heterocycles. The van der Waals surface area contributed by atoms with E-state index in [1.165, 1.54) is 5.56 Å². The average Bonchev–Trinajstić information content (AvgIpc) is 2.30. The first-order valence-corrected chi connectivity index (χ1v) is 6.97. The summed E-state index contributed by atoms with van der Waals surface area (Å²) >= 11 is 3.44. The molecule has 0 radical (unpaired) electrons. The molecular weight excluding hydrogens is 292 g/mol. The lowest BCUT2D eigenvalue weighted by molar-refractivity contribution is -0.126. The molecule has 1 rings (SSSR count). The molecule has 1 amide bonds. The van der Waals surface area contributed by atoms with Crippen molar-refractivity contribution in [1.29, 1.82) is 0 Å². The molecule has 0 aromatic heterocycles. The van der Waals surface area contributed by atoms with Crippen LogP contribution < -0.4 is 11.1 Å². The minimum atomic E-state index is -0.113. The molecule has 1 unspecified atom stereocenters. The highest BCUT2D eigenvalue weighted by Gasteiger charge is 2.20. The van der Waals surface area contributed by atoms with Crippen LogP contribution in [-0.4, -0.2) is 12.5 Å². The van der Waals surface area contributed by atoms with Crippen molar-refractivity contribution in [2.24, 2.45) is 17.6 Å². The van der Waals surface area contributed by atoms with E-state index in [9.17, 15) is 4.79 Å². The van der Waals surface area contributed by atoms with Gasteiger partial charge in [-0.3, -0.25) is 4.79 Å². The first-order chi connectivity index (χ1) is 8.45. The van der Waals surface area contributed by atoms with E-state index in [0.717, 1.165) is 10.0 Å². The standard InChI is InChI=1S/C14H21BrN2O/c1-9(2)13(7-16)14(18)17-8-11-6-12(15)5-4-10(11)3/h4-6,9,13H,7-8,16H2,1-3H3,(H,17,18). The summed E-state index contributed by atoms with van der Waals surface area (Å²) in [4.78, 5) is 12.0. The van der Waals surface area contributed by atoms with Crippen molar-refractivity contribution >= 4 is 21.8 Å². The summed E-state index contributed by atoms with van der Waals surface area (Å²) in [7, 11) is 0. The molecule has 1 aromatic carbocycles. The molecule has 18 heavy (non-hydrogen) atoms. The Hall–Kier alpha value is -0.870. The van der Waals surface area contributed by atoms with Crippen molar-refractivity contribution in [3.63, 3.8) is 0 Å². The summed E-state index contributed by atoms with van der Waals surface area (Å²) in [6.45, 7) is 7.01. The zero-order chi connectivity index (χ0) is 13.7. The number of carbonyl (C=O) groups is 1. The van der Waals surface area contributed by atoms with Crippen LogP contribution in [0.5, 0.6) is 0 Å². The lowest BCUT2D eigenvalue weighted by Gasteiger charge is -2.18. The fourth-order valence-electron chi connectivity index (χ4n) is 1.83. The molecule has 0 bridgehead atoms. The number of hydrogen-bond donors (Lipinski definition) is 2. The van der Waals surface area contributed by atoms with Gasteiger partial charge in [0.2, 0.25) is 5.91 Å². The Morgan fingerprint density at radius 1 is 1.44 bits per heavy atom. The average molecular weight is 313 g/mol. The highest BCUT2D eigenvalue weighted by Crippen LogP contribution is 2.16. The molecule has 3 nitrogen and oxygen atoms in total. The summed E-state index contributed by atoms with van der Waals surface area (Å²) in [5, 5.41) is 2.96. The normalized spacial score (nSPS) is 12.6. The summed E-state index contributed by atoms with van der Waals surface area (Å²) < 4.78 is 1.02. The Balaban J connectivity index is 2.64. The van der Waals surface area contributed by atoms with Gasteiger partial charge in [0.1, 0.15) is 0 Å². The molecule has 0 aliphatic heterocycles. The van der Waals surface area contributed by atoms with Crippen LogP contribution in [0.4, 0.5) is 0 Å². The minimum absolute atomic E-state index is 0.0341. The molecular formula is C14H21BrN2O. The Morgan fingerprint density at radius 2 is 2.11 bits per heavy atom. The second-order valence-electron chi connectivity index (χ2n) is 4.87. The number of carbonyl (C=O) groups excluding carboxylic acids is 1. The number of aryl methyl sites for hydroxylation is 1. The van der Waals surface area contributed by atoms with Gasteiger partial charge in [0.05, 0.1) is 5.92 Å². The second kappa shape index (κ2) is 6.90. The quantitative estimate of drug-likeness (QED) is 0.878. The van der Waals surface area contributed by atoms with Crippen molar-refractivity contribution in [2.45, 2.75) is 27.3 Å². The maximum absolute atomic E-state index is 12.0. The van der Waals surface area contributed by atoms with Gasteiger partial charge in [-0.25, -0.2) is 0 Å². The Labute approximate surface area is 117 Å². The third kappa shape index (κ3) is 4.10. The first kappa shape index (κ1) is 15.2. The Morgan fingerprint density at radius 3 is 2.67 bits per heavy atom. The van der Waals surface area contributed by atoms with Crippen molar-refractivity contribution in [3.8, 4) is 0 Å². The van der Waals surface area contributed by atoms with E-state index < -0.39 is 0 Å². The maximum atomic E-state index is 12.0. The summed E-state index contributed by atoms with van der Waals surface area (Å²) in [5.41, 5.74) is 7.93. The van der Waals surface area contributed by atoms with Gasteiger partial charge >= 0.3 is 0 Å². The first-order valence-electron chi connectivity index (χ1n) is 6.18. The topological polar surface area (TPSA) is 55.1 Å². The fraction of sp³-hybridized carbons (Fsp3) is 0.500. The van der Waals surface area contributed by atoms with Crippen LogP contribution in [0.3, 0.4) is 0 Å². The second-order valence-corrected chi connectivity index (χ2v) is 5.79. The van der Waals surface area contributed by atoms with Crippen LogP contribution in [0.1, 0.15) is 25.0 Å². The monoisotopic (exact) mass is 312 g/mol. The number of amides is 1. The number of rotatable bonds is 5. The van der Waals surface area contributed by atoms with E-state index in [1.54, 1.807) is 0 Å². The molecule has 4 heteroatoms. The molecule has 1 aromatic rings. The zero-order valence-corrected chi connectivity index (χ0v) is 12.8. The van der Waals surface area contributed by atoms with E-state index in [-0.39, 0.29) is 17.7 Å². The predicted molar refractivity (Wildman–Crippen MR) is 78.1 cm³/mol. The molecule has 0 saturated heterocycles. The lowest BCUT2D eigenvalue weighted by Crippen LogP contribution is -2.37. The van der Waals surface area contributed by atoms with Gasteiger partial charge in [-0.1, -0.05) is 35.8 Å². The third-order valence-electron chi connectivity index (χ3n) is 3.16. The Kier molecular flexibility index (Phi) is 5.82. The van der Waals surface area contributed by atoms with E-state index in [0.29, 0.717) is 13.1 Å². The molecule has 0 fully saturated rings. The van der Waals surface area contributed by atoms with Gasteiger partial charge in [-0.15, -0.1) is 0 Å². The fourth-order valence-corrected chi connectivity index (χ4v) is 2.23. The van der Waals surface area contributed by atoms with E-state index in [1.807, 2.05) is 39.0 Å². The molecule has 100 valence electrons. The van der Waals surface area contributed by atoms with Crippen molar-refractivity contribution in [2.75, 3.05) is 6.54 Å². The third-order valence-corrected chi connectivity index (χ3v) is 3.65. The Bertz CT molecular complexity index is 418. The van der Waals surface area contributed by atoms with Crippen LogP contribution in [0, 0.1) is 18.8 Å². The van der Waals surface area contributed by atoms with Crippen molar-refractivity contribution in [3.05, 3.63) is 33.8 Å². The summed E-state index contributed by atoms with van der Waals surface area (Å²) in [6, 6.07) is 6.06. The SMILES string of the molecule is Cc1ccc(Br)cc1CNC(=O)C(CN)C(C)C. The summed E-state index contributed by atoms with van der Waals surface area (Å²) in [6.07, 6.45) is 0. The molecule has 1 atom stereocenters. The minimum Gasteiger partial charge on any atom is -0.352 e. The van der Waals surface area contributed by atoms with Gasteiger partial charge in [0.25, 0.3) is 0 Å². The smallest absolute Gasteiger partial charge is 0.224 e. The summed E-state index contributed by atoms with van der Waals surface area (Å²) in [5.74, 6) is 0.183. The number of nitrogens with one attached hydrogen (secondary N) is 1. The lowest BCUT2D eigenvalue weighted by atomic mass is 9.95. The highest BCUT2D eigenvalue weighted by atomic mass is 79.9. The maximum Gasteiger partial charge on any atom is 0.224 e. The van der Waals surface area contributed by atoms with Crippen LogP contribution in [-0.2, 0) is 11.3 Å². The molecule has 0 aliphatic carbocycles. The number of benzene rings is 1. The molecule has 3 N–H and O–H groups in total. The van der Waals surface area contributed by atoms with Gasteiger partial charge in [0.15, 0.2) is 0 Å². The van der Waals surface area contributed by atoms with Gasteiger partial charge in [-0.2, -0.15) is 0 Å². The molecule has 0 spiro atoms. The predicted octanol–water partition coefficient (Wildman–Crippen LogP) is 2.60. The van der Waals surface area contributed by atoms with E-state index in [2.05, 4.69) is 21.2 Å². The van der Waals surface area contributed by atoms with Crippen LogP contribution >= 0.6 is 15.9 Å². The number of nitrogens with two attached hydrogens (primary N) is 1. The van der Waals surface area contributed by atoms with Crippen molar-refractivity contribution in [1.82, 2.24) is 5.32 Å². The molecule has 0 aliphatic rings.